The molecule has 4 aromatic rings. The van der Waals surface area contributed by atoms with Crippen LogP contribution in [0, 0.1) is 10.8 Å². The number of likely N-dealkylation sites (tertiary alicyclic amines) is 2. The predicted octanol–water partition coefficient (Wildman–Crippen LogP) is 9.24. The number of hydrogen-bond acceptors (Lipinski definition) is 10. The number of ketones is 2. The predicted molar refractivity (Wildman–Crippen MR) is 273 cm³/mol. The van der Waals surface area contributed by atoms with Gasteiger partial charge in [-0.05, 0) is 150 Å². The second-order valence-corrected chi connectivity index (χ2v) is 23.7. The number of esters is 1. The fraction of sp³-hybridized carbons (Fsp3) is 0.455. The summed E-state index contributed by atoms with van der Waals surface area (Å²) in [5.74, 6) is -9.40. The fourth-order valence-electron chi connectivity index (χ4n) is 9.77. The quantitative estimate of drug-likeness (QED) is 0.0436. The molecule has 396 valence electrons. The van der Waals surface area contributed by atoms with Gasteiger partial charge in [-0.3, -0.25) is 19.4 Å². The number of halogens is 7. The molecule has 2 saturated heterocycles. The van der Waals surface area contributed by atoms with Crippen molar-refractivity contribution in [2.24, 2.45) is 10.8 Å². The third-order valence-electron chi connectivity index (χ3n) is 13.8. The normalized spacial score (nSPS) is 19.7. The van der Waals surface area contributed by atoms with E-state index in [9.17, 15) is 42.7 Å². The zero-order valence-electron chi connectivity index (χ0n) is 41.8. The molecule has 2 atom stereocenters. The monoisotopic (exact) mass is 1210 g/mol. The zero-order valence-corrected chi connectivity index (χ0v) is 48.8. The summed E-state index contributed by atoms with van der Waals surface area (Å²) >= 11 is 11.9. The molecule has 0 N–H and O–H groups in total. The minimum atomic E-state index is -3.25. The molecule has 4 aliphatic carbocycles. The van der Waals surface area contributed by atoms with E-state index in [0.717, 1.165) is 25.7 Å². The second-order valence-electron chi connectivity index (χ2n) is 21.6. The summed E-state index contributed by atoms with van der Waals surface area (Å²) in [5, 5.41) is 11.0. The van der Waals surface area contributed by atoms with E-state index in [1.54, 1.807) is 71.9 Å². The van der Waals surface area contributed by atoms with Gasteiger partial charge in [-0.1, -0.05) is 75.7 Å². The smallest absolute Gasteiger partial charge is 0.548 e. The van der Waals surface area contributed by atoms with Crippen LogP contribution in [-0.2, 0) is 35.6 Å². The van der Waals surface area contributed by atoms with Crippen molar-refractivity contribution in [1.29, 1.82) is 0 Å². The minimum absolute atomic E-state index is 0. The number of carbonyl (C=O) groups excluding carboxylic acids is 6. The number of nitrogens with zero attached hydrogens (tertiary/aromatic N) is 2. The number of carbonyl (C=O) groups is 6. The summed E-state index contributed by atoms with van der Waals surface area (Å²) in [5.41, 5.74) is 0.0376. The Morgan fingerprint density at radius 1 is 0.613 bits per heavy atom. The number of rotatable bonds is 7. The number of amides is 2. The molecular formula is C55H56Br2ClF4KN2O10. The van der Waals surface area contributed by atoms with Gasteiger partial charge in [-0.2, -0.15) is 17.6 Å². The van der Waals surface area contributed by atoms with Gasteiger partial charge >= 0.3 is 69.5 Å². The van der Waals surface area contributed by atoms with E-state index in [4.69, 9.17) is 25.8 Å². The Morgan fingerprint density at radius 3 is 1.35 bits per heavy atom. The van der Waals surface area contributed by atoms with Gasteiger partial charge in [0.05, 0.1) is 17.9 Å². The van der Waals surface area contributed by atoms with E-state index in [0.29, 0.717) is 57.1 Å². The summed E-state index contributed by atoms with van der Waals surface area (Å²) in [6.45, 7) is 10.8. The molecule has 12 nitrogen and oxygen atoms in total. The van der Waals surface area contributed by atoms with Gasteiger partial charge in [-0.25, -0.2) is 14.4 Å². The van der Waals surface area contributed by atoms with E-state index in [1.165, 1.54) is 52.3 Å². The first-order chi connectivity index (χ1) is 34.0. The van der Waals surface area contributed by atoms with Gasteiger partial charge in [-0.15, -0.1) is 11.6 Å². The van der Waals surface area contributed by atoms with Crippen molar-refractivity contribution in [1.82, 2.24) is 9.80 Å². The van der Waals surface area contributed by atoms with E-state index in [-0.39, 0.29) is 115 Å². The summed E-state index contributed by atoms with van der Waals surface area (Å²) < 4.78 is 76.3. The van der Waals surface area contributed by atoms with Crippen LogP contribution in [0.1, 0.15) is 130 Å². The van der Waals surface area contributed by atoms with Crippen LogP contribution in [0.3, 0.4) is 0 Å². The van der Waals surface area contributed by atoms with Crippen LogP contribution >= 0.6 is 43.5 Å². The Balaban J connectivity index is 0.000000198. The number of ether oxygens (including phenoxy) is 3. The first-order valence-corrected chi connectivity index (χ1v) is 25.7. The summed E-state index contributed by atoms with van der Waals surface area (Å²) in [4.78, 5) is 75.6. The molecule has 0 radical (unpaired) electrons. The van der Waals surface area contributed by atoms with Gasteiger partial charge in [0.2, 0.25) is 0 Å². The molecule has 2 aliphatic heterocycles. The number of benzene rings is 4. The molecule has 2 saturated carbocycles. The summed E-state index contributed by atoms with van der Waals surface area (Å²) in [6.07, 6.45) is 3.65. The molecule has 2 spiro atoms. The van der Waals surface area contributed by atoms with Gasteiger partial charge in [0.25, 0.3) is 11.8 Å². The standard InChI is InChI=1S/C27H26BrF2NO5.C15H8BrClF2O.C12H19NO4.CH4.K/c1-25(2,3)36-24(34)31-14-26(8-9-26)12-21(31)23(33)35-13-22(32)15-4-6-17-18-7-5-16(28)11-20(18)27(29,30)19(17)10-15;16-9-2-4-11-10-3-1-8(14(20)7-17)5-12(10)15(18,19)13(11)6-9;1-11(2,3)17-10(16)13-7-12(4-5-12)6-8(13)9(14)15;;/h4-7,10-11,21H,8-9,12-14H2,1-3H3;1-6H,7H2;8H,4-7H2,1-3H3,(H,14,15);1H4;/q;;;;+1/p-1/t;;8-;;/m..0../s1. The van der Waals surface area contributed by atoms with Crippen molar-refractivity contribution >= 4 is 79.2 Å². The Bertz CT molecular complexity index is 2950. The molecule has 4 fully saturated rings. The number of carboxylic acid groups (broad SMARTS) is 1. The average molecular weight is 1220 g/mol. The molecule has 0 bridgehead atoms. The molecule has 0 aromatic heterocycles. The molecule has 1 unspecified atom stereocenters. The number of fused-ring (bicyclic) bond motifs is 6. The topological polar surface area (TPSA) is 160 Å². The Labute approximate surface area is 497 Å². The Morgan fingerprint density at radius 2 is 0.973 bits per heavy atom. The first-order valence-electron chi connectivity index (χ1n) is 23.6. The van der Waals surface area contributed by atoms with Crippen LogP contribution in [0.5, 0.6) is 0 Å². The second kappa shape index (κ2) is 22.2. The minimum Gasteiger partial charge on any atom is -0.548 e. The maximum atomic E-state index is 15.1. The van der Waals surface area contributed by atoms with Gasteiger partial charge < -0.3 is 24.1 Å². The van der Waals surface area contributed by atoms with Crippen molar-refractivity contribution in [3.8, 4) is 22.3 Å². The molecule has 10 rings (SSSR count). The maximum Gasteiger partial charge on any atom is 1.00 e. The van der Waals surface area contributed by atoms with E-state index in [1.807, 2.05) is 0 Å². The van der Waals surface area contributed by atoms with Crippen LogP contribution in [-0.4, -0.2) is 94.4 Å². The van der Waals surface area contributed by atoms with Crippen LogP contribution in [0.25, 0.3) is 22.3 Å². The molecule has 2 heterocycles. The molecule has 20 heteroatoms. The van der Waals surface area contributed by atoms with Crippen molar-refractivity contribution in [3.63, 3.8) is 0 Å². The molecule has 2 amide bonds. The fourth-order valence-corrected chi connectivity index (χ4v) is 10.6. The van der Waals surface area contributed by atoms with Gasteiger partial charge in [0.15, 0.2) is 18.2 Å². The summed E-state index contributed by atoms with van der Waals surface area (Å²) in [7, 11) is 0. The van der Waals surface area contributed by atoms with Crippen molar-refractivity contribution < 1.29 is 117 Å². The van der Waals surface area contributed by atoms with Crippen molar-refractivity contribution in [3.05, 3.63) is 115 Å². The third kappa shape index (κ3) is 12.9. The molecule has 75 heavy (non-hydrogen) atoms. The van der Waals surface area contributed by atoms with Gasteiger partial charge in [0.1, 0.15) is 17.2 Å². The van der Waals surface area contributed by atoms with Gasteiger partial charge in [0, 0.05) is 55.4 Å². The van der Waals surface area contributed by atoms with Crippen molar-refractivity contribution in [2.45, 2.75) is 123 Å². The number of Topliss-reactive ketones (excluding diaryl/α,β-unsaturated/α-hetero) is 2. The van der Waals surface area contributed by atoms with E-state index < -0.39 is 71.6 Å². The van der Waals surface area contributed by atoms with Crippen LogP contribution in [0.15, 0.2) is 81.7 Å². The Kier molecular flexibility index (Phi) is 17.9. The average Bonchev–Trinajstić information content (AvgIpc) is 4.12. The number of alkyl halides is 5. The Hall–Kier alpha value is -3.69. The number of carboxylic acids is 1. The molecule has 4 aromatic carbocycles. The maximum absolute atomic E-state index is 15.1. The number of aliphatic carboxylic acids is 1. The van der Waals surface area contributed by atoms with E-state index >= 15 is 8.78 Å². The zero-order chi connectivity index (χ0) is 53.4. The molecular weight excluding hydrogens is 1160 g/mol. The van der Waals surface area contributed by atoms with E-state index in [2.05, 4.69) is 31.9 Å². The van der Waals surface area contributed by atoms with Crippen LogP contribution in [0.2, 0.25) is 0 Å². The molecule has 6 aliphatic rings. The largest absolute Gasteiger partial charge is 1.00 e. The SMILES string of the molecule is C.CC(C)(C)OC(=O)N1CC2(CC2)CC1C(=O)OCC(=O)c1ccc2c(c1)C(F)(F)c1cc(Br)ccc1-2.CC(C)(C)OC(=O)N1CC2(CC2)C[C@H]1C(=O)[O-].O=C(CCl)c1ccc2c(c1)C(F)(F)c1cc(Br)ccc1-2.[K+]. The first kappa shape index (κ1) is 60.5. The van der Waals surface area contributed by atoms with Crippen molar-refractivity contribution in [2.75, 3.05) is 25.6 Å². The van der Waals surface area contributed by atoms with Crippen LogP contribution < -0.4 is 56.5 Å². The van der Waals surface area contributed by atoms with Crippen LogP contribution in [0.4, 0.5) is 27.2 Å². The summed E-state index contributed by atoms with van der Waals surface area (Å²) in [6, 6.07) is 16.3. The third-order valence-corrected chi connectivity index (χ3v) is 15.0. The number of hydrogen-bond donors (Lipinski definition) is 0.